The fourth-order valence-corrected chi connectivity index (χ4v) is 1.23. The maximum Gasteiger partial charge on any atom is 0.229 e. The highest BCUT2D eigenvalue weighted by Gasteiger charge is 2.21. The molecular formula is C13H19NO2. The Labute approximate surface area is 96.8 Å². The van der Waals surface area contributed by atoms with E-state index in [9.17, 15) is 4.79 Å². The summed E-state index contributed by atoms with van der Waals surface area (Å²) in [5.74, 6) is 0.0102. The standard InChI is InChI=1S/C13H19NO2/c1-13(2,3)12(15)14-11-8-6-5-7-10(11)9-16-4/h5-8H,9H2,1-4H3,(H,14,15). The summed E-state index contributed by atoms with van der Waals surface area (Å²) in [4.78, 5) is 11.8. The molecule has 16 heavy (non-hydrogen) atoms. The average molecular weight is 221 g/mol. The number of benzene rings is 1. The maximum absolute atomic E-state index is 11.8. The van der Waals surface area contributed by atoms with E-state index in [1.807, 2.05) is 45.0 Å². The Balaban J connectivity index is 2.84. The SMILES string of the molecule is COCc1ccccc1NC(=O)C(C)(C)C. The summed E-state index contributed by atoms with van der Waals surface area (Å²) in [5.41, 5.74) is 1.42. The summed E-state index contributed by atoms with van der Waals surface area (Å²) in [6.45, 7) is 6.17. The van der Waals surface area contributed by atoms with Gasteiger partial charge in [-0.25, -0.2) is 0 Å². The van der Waals surface area contributed by atoms with Crippen molar-refractivity contribution in [1.82, 2.24) is 0 Å². The summed E-state index contributed by atoms with van der Waals surface area (Å²) in [7, 11) is 1.64. The fourth-order valence-electron chi connectivity index (χ4n) is 1.23. The van der Waals surface area contributed by atoms with E-state index in [0.29, 0.717) is 6.61 Å². The van der Waals surface area contributed by atoms with Gasteiger partial charge in [0.15, 0.2) is 0 Å². The third-order valence-corrected chi connectivity index (χ3v) is 2.25. The van der Waals surface area contributed by atoms with E-state index in [2.05, 4.69) is 5.32 Å². The number of para-hydroxylation sites is 1. The summed E-state index contributed by atoms with van der Waals surface area (Å²) in [6.07, 6.45) is 0. The molecule has 1 N–H and O–H groups in total. The summed E-state index contributed by atoms with van der Waals surface area (Å²) in [6, 6.07) is 7.66. The molecule has 1 aromatic rings. The van der Waals surface area contributed by atoms with Gasteiger partial charge in [0.1, 0.15) is 0 Å². The molecule has 1 amide bonds. The lowest BCUT2D eigenvalue weighted by atomic mass is 9.95. The molecule has 0 bridgehead atoms. The zero-order valence-electron chi connectivity index (χ0n) is 10.3. The Bertz CT molecular complexity index is 366. The Morgan fingerprint density at radius 2 is 1.94 bits per heavy atom. The van der Waals surface area contributed by atoms with Crippen LogP contribution in [0.1, 0.15) is 26.3 Å². The first-order valence-electron chi connectivity index (χ1n) is 5.33. The van der Waals surface area contributed by atoms with Crippen LogP contribution < -0.4 is 5.32 Å². The lowest BCUT2D eigenvalue weighted by molar-refractivity contribution is -0.123. The number of ether oxygens (including phenoxy) is 1. The van der Waals surface area contributed by atoms with Crippen LogP contribution in [0.2, 0.25) is 0 Å². The van der Waals surface area contributed by atoms with Crippen LogP contribution in [0.4, 0.5) is 5.69 Å². The monoisotopic (exact) mass is 221 g/mol. The van der Waals surface area contributed by atoms with Gasteiger partial charge in [0, 0.05) is 23.8 Å². The molecule has 0 aliphatic heterocycles. The molecule has 0 unspecified atom stereocenters. The zero-order valence-corrected chi connectivity index (χ0v) is 10.3. The summed E-state index contributed by atoms with van der Waals surface area (Å²) < 4.78 is 5.08. The van der Waals surface area contributed by atoms with Gasteiger partial charge in [-0.3, -0.25) is 4.79 Å². The molecule has 0 heterocycles. The number of amides is 1. The van der Waals surface area contributed by atoms with Crippen molar-refractivity contribution >= 4 is 11.6 Å². The molecule has 0 spiro atoms. The van der Waals surface area contributed by atoms with Gasteiger partial charge in [0.2, 0.25) is 5.91 Å². The molecule has 0 radical (unpaired) electrons. The van der Waals surface area contributed by atoms with Crippen molar-refractivity contribution in [2.24, 2.45) is 5.41 Å². The van der Waals surface area contributed by atoms with Gasteiger partial charge in [-0.05, 0) is 6.07 Å². The van der Waals surface area contributed by atoms with Crippen molar-refractivity contribution in [3.05, 3.63) is 29.8 Å². The second-order valence-electron chi connectivity index (χ2n) is 4.79. The highest BCUT2D eigenvalue weighted by molar-refractivity contribution is 5.95. The Morgan fingerprint density at radius 3 is 2.50 bits per heavy atom. The maximum atomic E-state index is 11.8. The Kier molecular flexibility index (Phi) is 4.07. The van der Waals surface area contributed by atoms with E-state index in [4.69, 9.17) is 4.74 Å². The van der Waals surface area contributed by atoms with Crippen molar-refractivity contribution in [1.29, 1.82) is 0 Å². The number of carbonyl (C=O) groups is 1. The minimum Gasteiger partial charge on any atom is -0.380 e. The van der Waals surface area contributed by atoms with Crippen LogP contribution in [0.15, 0.2) is 24.3 Å². The minimum atomic E-state index is -0.389. The smallest absolute Gasteiger partial charge is 0.229 e. The van der Waals surface area contributed by atoms with Crippen molar-refractivity contribution in [2.45, 2.75) is 27.4 Å². The first-order chi connectivity index (χ1) is 7.45. The first kappa shape index (κ1) is 12.7. The summed E-state index contributed by atoms with van der Waals surface area (Å²) >= 11 is 0. The van der Waals surface area contributed by atoms with Crippen molar-refractivity contribution in [3.8, 4) is 0 Å². The zero-order chi connectivity index (χ0) is 12.2. The van der Waals surface area contributed by atoms with Crippen LogP contribution in [-0.2, 0) is 16.1 Å². The minimum absolute atomic E-state index is 0.0102. The van der Waals surface area contributed by atoms with Gasteiger partial charge in [-0.1, -0.05) is 39.0 Å². The number of hydrogen-bond acceptors (Lipinski definition) is 2. The van der Waals surface area contributed by atoms with Gasteiger partial charge in [0.25, 0.3) is 0 Å². The quantitative estimate of drug-likeness (QED) is 0.852. The number of nitrogens with one attached hydrogen (secondary N) is 1. The van der Waals surface area contributed by atoms with Gasteiger partial charge in [-0.15, -0.1) is 0 Å². The lowest BCUT2D eigenvalue weighted by Crippen LogP contribution is -2.28. The average Bonchev–Trinajstić information content (AvgIpc) is 2.20. The topological polar surface area (TPSA) is 38.3 Å². The van der Waals surface area contributed by atoms with E-state index in [-0.39, 0.29) is 11.3 Å². The van der Waals surface area contributed by atoms with Gasteiger partial charge < -0.3 is 10.1 Å². The van der Waals surface area contributed by atoms with Gasteiger partial charge >= 0.3 is 0 Å². The summed E-state index contributed by atoms with van der Waals surface area (Å²) in [5, 5.41) is 2.92. The molecule has 0 aromatic heterocycles. The molecule has 3 nitrogen and oxygen atoms in total. The molecule has 0 saturated carbocycles. The largest absolute Gasteiger partial charge is 0.380 e. The molecule has 0 atom stereocenters. The van der Waals surface area contributed by atoms with E-state index < -0.39 is 0 Å². The number of rotatable bonds is 3. The Hall–Kier alpha value is -1.35. The number of methoxy groups -OCH3 is 1. The number of anilines is 1. The molecule has 0 aliphatic carbocycles. The van der Waals surface area contributed by atoms with Crippen LogP contribution in [0.5, 0.6) is 0 Å². The van der Waals surface area contributed by atoms with Gasteiger partial charge in [0.05, 0.1) is 6.61 Å². The van der Waals surface area contributed by atoms with Crippen LogP contribution in [-0.4, -0.2) is 13.0 Å². The van der Waals surface area contributed by atoms with Crippen LogP contribution in [0.25, 0.3) is 0 Å². The van der Waals surface area contributed by atoms with Gasteiger partial charge in [-0.2, -0.15) is 0 Å². The van der Waals surface area contributed by atoms with Crippen molar-refractivity contribution in [3.63, 3.8) is 0 Å². The Morgan fingerprint density at radius 1 is 1.31 bits per heavy atom. The predicted octanol–water partition coefficient (Wildman–Crippen LogP) is 2.82. The number of hydrogen-bond donors (Lipinski definition) is 1. The van der Waals surface area contributed by atoms with E-state index >= 15 is 0 Å². The first-order valence-corrected chi connectivity index (χ1v) is 5.33. The molecule has 0 saturated heterocycles. The van der Waals surface area contributed by atoms with Crippen LogP contribution in [0, 0.1) is 5.41 Å². The fraction of sp³-hybridized carbons (Fsp3) is 0.462. The second kappa shape index (κ2) is 5.12. The van der Waals surface area contributed by atoms with Crippen molar-refractivity contribution < 1.29 is 9.53 Å². The molecule has 3 heteroatoms. The third-order valence-electron chi connectivity index (χ3n) is 2.25. The highest BCUT2D eigenvalue weighted by Crippen LogP contribution is 2.20. The highest BCUT2D eigenvalue weighted by atomic mass is 16.5. The van der Waals surface area contributed by atoms with E-state index in [1.54, 1.807) is 7.11 Å². The molecular weight excluding hydrogens is 202 g/mol. The molecule has 1 aromatic carbocycles. The lowest BCUT2D eigenvalue weighted by Gasteiger charge is -2.19. The molecule has 1 rings (SSSR count). The second-order valence-corrected chi connectivity index (χ2v) is 4.79. The van der Waals surface area contributed by atoms with Crippen LogP contribution in [0.3, 0.4) is 0 Å². The molecule has 0 fully saturated rings. The van der Waals surface area contributed by atoms with E-state index in [1.165, 1.54) is 0 Å². The molecule has 0 aliphatic rings. The number of carbonyl (C=O) groups excluding carboxylic acids is 1. The predicted molar refractivity (Wildman–Crippen MR) is 65.2 cm³/mol. The van der Waals surface area contributed by atoms with E-state index in [0.717, 1.165) is 11.3 Å². The van der Waals surface area contributed by atoms with Crippen LogP contribution >= 0.6 is 0 Å². The normalized spacial score (nSPS) is 11.2. The molecule has 88 valence electrons. The third kappa shape index (κ3) is 3.35. The van der Waals surface area contributed by atoms with Crippen molar-refractivity contribution in [2.75, 3.05) is 12.4 Å².